The third-order valence-electron chi connectivity index (χ3n) is 3.13. The van der Waals surface area contributed by atoms with Gasteiger partial charge in [0, 0.05) is 6.92 Å². The predicted octanol–water partition coefficient (Wildman–Crippen LogP) is 4.51. The van der Waals surface area contributed by atoms with Crippen molar-refractivity contribution in [3.63, 3.8) is 0 Å². The van der Waals surface area contributed by atoms with E-state index in [0.717, 1.165) is 36.6 Å². The van der Waals surface area contributed by atoms with E-state index in [4.69, 9.17) is 4.74 Å². The molecule has 0 saturated carbocycles. The second kappa shape index (κ2) is 9.46. The quantitative estimate of drug-likeness (QED) is 0.401. The molecule has 120 valence electrons. The summed E-state index contributed by atoms with van der Waals surface area (Å²) in [7, 11) is 0. The van der Waals surface area contributed by atoms with E-state index in [1.807, 2.05) is 36.4 Å². The van der Waals surface area contributed by atoms with Crippen LogP contribution in [0.25, 0.3) is 0 Å². The lowest BCUT2D eigenvalue weighted by Gasteiger charge is -2.22. The van der Waals surface area contributed by atoms with E-state index in [1.54, 1.807) is 13.0 Å². The minimum atomic E-state index is -0.964. The minimum Gasteiger partial charge on any atom is -0.460 e. The first-order valence-electron chi connectivity index (χ1n) is 7.56. The largest absolute Gasteiger partial charge is 0.460 e. The Hall–Kier alpha value is -1.55. The van der Waals surface area contributed by atoms with Crippen molar-refractivity contribution >= 4 is 22.8 Å². The maximum absolute atomic E-state index is 12.4. The van der Waals surface area contributed by atoms with Crippen LogP contribution in [0.15, 0.2) is 42.5 Å². The summed E-state index contributed by atoms with van der Waals surface area (Å²) in [6.45, 7) is 5.53. The smallest absolute Gasteiger partial charge is 0.326 e. The maximum Gasteiger partial charge on any atom is 0.326 e. The summed E-state index contributed by atoms with van der Waals surface area (Å²) in [6, 6.07) is 9.52. The summed E-state index contributed by atoms with van der Waals surface area (Å²) < 4.78 is 4.42. The van der Waals surface area contributed by atoms with Crippen molar-refractivity contribution < 1.29 is 14.3 Å². The van der Waals surface area contributed by atoms with Gasteiger partial charge in [-0.05, 0) is 18.9 Å². The Balaban J connectivity index is 2.70. The van der Waals surface area contributed by atoms with Crippen molar-refractivity contribution in [1.82, 2.24) is 0 Å². The number of allylic oxidation sites excluding steroid dienone is 1. The summed E-state index contributed by atoms with van der Waals surface area (Å²) in [4.78, 5) is 23.8. The van der Waals surface area contributed by atoms with Crippen LogP contribution in [-0.4, -0.2) is 15.8 Å². The van der Waals surface area contributed by atoms with Gasteiger partial charge < -0.3 is 4.74 Å². The van der Waals surface area contributed by atoms with Crippen molar-refractivity contribution in [1.29, 1.82) is 0 Å². The first kappa shape index (κ1) is 18.5. The Bertz CT molecular complexity index is 510. The summed E-state index contributed by atoms with van der Waals surface area (Å²) in [5.74, 6) is -0.385. The first-order valence-corrected chi connectivity index (χ1v) is 8.38. The van der Waals surface area contributed by atoms with Gasteiger partial charge in [0.2, 0.25) is 0 Å². The molecular weight excluding hydrogens is 296 g/mol. The molecule has 0 aromatic heterocycles. The SMILES string of the molecule is CCCC/C=C/[C@@](C)(SC(C)=O)C(=O)OCc1ccccc1. The van der Waals surface area contributed by atoms with Gasteiger partial charge in [-0.2, -0.15) is 0 Å². The fraction of sp³-hybridized carbons (Fsp3) is 0.444. The van der Waals surface area contributed by atoms with Crippen molar-refractivity contribution in [2.75, 3.05) is 0 Å². The third-order valence-corrected chi connectivity index (χ3v) is 4.15. The number of rotatable bonds is 8. The molecule has 0 radical (unpaired) electrons. The van der Waals surface area contributed by atoms with E-state index in [0.29, 0.717) is 0 Å². The average Bonchev–Trinajstić information content (AvgIpc) is 2.49. The molecule has 22 heavy (non-hydrogen) atoms. The molecule has 1 aromatic rings. The number of hydrogen-bond acceptors (Lipinski definition) is 4. The molecule has 0 fully saturated rings. The second-order valence-corrected chi connectivity index (χ2v) is 6.93. The zero-order valence-electron chi connectivity index (χ0n) is 13.5. The van der Waals surface area contributed by atoms with E-state index >= 15 is 0 Å². The molecular formula is C18H24O3S. The zero-order chi connectivity index (χ0) is 16.4. The summed E-state index contributed by atoms with van der Waals surface area (Å²) in [5, 5.41) is -0.0979. The molecule has 3 nitrogen and oxygen atoms in total. The van der Waals surface area contributed by atoms with Crippen molar-refractivity contribution in [2.24, 2.45) is 0 Å². The van der Waals surface area contributed by atoms with Gasteiger partial charge in [0.25, 0.3) is 0 Å². The molecule has 0 bridgehead atoms. The Morgan fingerprint density at radius 1 is 1.27 bits per heavy atom. The lowest BCUT2D eigenvalue weighted by molar-refractivity contribution is -0.146. The molecule has 1 aromatic carbocycles. The van der Waals surface area contributed by atoms with Gasteiger partial charge in [0.15, 0.2) is 5.12 Å². The van der Waals surface area contributed by atoms with Crippen molar-refractivity contribution in [3.8, 4) is 0 Å². The molecule has 1 rings (SSSR count). The first-order chi connectivity index (χ1) is 10.5. The number of unbranched alkanes of at least 4 members (excludes halogenated alkanes) is 2. The molecule has 0 amide bonds. The number of carbonyl (C=O) groups is 2. The highest BCUT2D eigenvalue weighted by atomic mass is 32.2. The molecule has 0 N–H and O–H groups in total. The van der Waals surface area contributed by atoms with Crippen LogP contribution >= 0.6 is 11.8 Å². The van der Waals surface area contributed by atoms with Gasteiger partial charge in [-0.1, -0.05) is 74.0 Å². The zero-order valence-corrected chi connectivity index (χ0v) is 14.3. The molecule has 0 aliphatic heterocycles. The van der Waals surface area contributed by atoms with E-state index in [2.05, 4.69) is 6.92 Å². The molecule has 0 aliphatic carbocycles. The van der Waals surface area contributed by atoms with Crippen LogP contribution in [-0.2, 0) is 20.9 Å². The number of carbonyl (C=O) groups excluding carboxylic acids is 2. The van der Waals surface area contributed by atoms with Crippen LogP contribution in [0.5, 0.6) is 0 Å². The number of benzene rings is 1. The van der Waals surface area contributed by atoms with E-state index in [-0.39, 0.29) is 17.7 Å². The highest BCUT2D eigenvalue weighted by Gasteiger charge is 2.34. The molecule has 0 unspecified atom stereocenters. The molecule has 0 saturated heterocycles. The fourth-order valence-electron chi connectivity index (χ4n) is 1.94. The fourth-order valence-corrected chi connectivity index (χ4v) is 2.84. The Morgan fingerprint density at radius 2 is 1.95 bits per heavy atom. The van der Waals surface area contributed by atoms with E-state index < -0.39 is 4.75 Å². The van der Waals surface area contributed by atoms with Crippen molar-refractivity contribution in [2.45, 2.75) is 51.4 Å². The lowest BCUT2D eigenvalue weighted by Crippen LogP contribution is -2.32. The number of ether oxygens (including phenoxy) is 1. The monoisotopic (exact) mass is 320 g/mol. The highest BCUT2D eigenvalue weighted by molar-refractivity contribution is 8.15. The Labute approximate surface area is 137 Å². The van der Waals surface area contributed by atoms with Gasteiger partial charge in [0.05, 0.1) is 0 Å². The number of thioether (sulfide) groups is 1. The van der Waals surface area contributed by atoms with Gasteiger partial charge in [-0.15, -0.1) is 0 Å². The van der Waals surface area contributed by atoms with Crippen LogP contribution in [0.2, 0.25) is 0 Å². The topological polar surface area (TPSA) is 43.4 Å². The average molecular weight is 320 g/mol. The molecule has 1 atom stereocenters. The normalized spacial score (nSPS) is 13.8. The number of esters is 1. The predicted molar refractivity (Wildman–Crippen MR) is 91.6 cm³/mol. The van der Waals surface area contributed by atoms with E-state index in [1.165, 1.54) is 6.92 Å². The van der Waals surface area contributed by atoms with Gasteiger partial charge in [0.1, 0.15) is 11.4 Å². The van der Waals surface area contributed by atoms with Crippen molar-refractivity contribution in [3.05, 3.63) is 48.0 Å². The number of hydrogen-bond donors (Lipinski definition) is 0. The molecule has 0 spiro atoms. The summed E-state index contributed by atoms with van der Waals surface area (Å²) in [5.41, 5.74) is 0.931. The molecule has 0 heterocycles. The lowest BCUT2D eigenvalue weighted by atomic mass is 10.1. The van der Waals surface area contributed by atoms with Crippen LogP contribution < -0.4 is 0 Å². The molecule has 4 heteroatoms. The van der Waals surface area contributed by atoms with E-state index in [9.17, 15) is 9.59 Å². The minimum absolute atomic E-state index is 0.0979. The summed E-state index contributed by atoms with van der Waals surface area (Å²) >= 11 is 1.00. The maximum atomic E-state index is 12.4. The van der Waals surface area contributed by atoms with Crippen LogP contribution in [0.3, 0.4) is 0 Å². The third kappa shape index (κ3) is 6.48. The van der Waals surface area contributed by atoms with Gasteiger partial charge in [-0.25, -0.2) is 0 Å². The van der Waals surface area contributed by atoms with Crippen LogP contribution in [0.4, 0.5) is 0 Å². The standard InChI is InChI=1S/C18H24O3S/c1-4-5-6-10-13-18(3,22-15(2)19)17(20)21-14-16-11-8-7-9-12-16/h7-13H,4-6,14H2,1-3H3/b13-10+/t18-/m1/s1. The van der Waals surface area contributed by atoms with Crippen LogP contribution in [0.1, 0.15) is 45.6 Å². The van der Waals surface area contributed by atoms with Gasteiger partial charge in [-0.3, -0.25) is 9.59 Å². The summed E-state index contributed by atoms with van der Waals surface area (Å²) in [6.07, 6.45) is 6.82. The highest BCUT2D eigenvalue weighted by Crippen LogP contribution is 2.29. The Morgan fingerprint density at radius 3 is 2.55 bits per heavy atom. The molecule has 0 aliphatic rings. The van der Waals surface area contributed by atoms with Crippen LogP contribution in [0, 0.1) is 0 Å². The Kier molecular flexibility index (Phi) is 7.96. The second-order valence-electron chi connectivity index (χ2n) is 5.31. The van der Waals surface area contributed by atoms with Gasteiger partial charge >= 0.3 is 5.97 Å².